The zero-order chi connectivity index (χ0) is 21.0. The molecule has 0 unspecified atom stereocenters. The Bertz CT molecular complexity index is 1070. The standard InChI is InChI=1S/C19H18F2N4O4/c1-11(12-6-8-13(9-7-12)29-19(20)21)22-16(26)10-25-18(27)17-14(23-24-25)4-3-5-15(17)28-2/h3-9,11,19H,10H2,1-2H3,(H,22,26)/t11-/m0/s1. The highest BCUT2D eigenvalue weighted by Crippen LogP contribution is 2.20. The Morgan fingerprint density at radius 2 is 1.93 bits per heavy atom. The molecule has 1 amide bonds. The van der Waals surface area contributed by atoms with Crippen molar-refractivity contribution in [3.63, 3.8) is 0 Å². The van der Waals surface area contributed by atoms with Gasteiger partial charge in [-0.3, -0.25) is 9.59 Å². The first-order valence-corrected chi connectivity index (χ1v) is 8.63. The molecule has 1 N–H and O–H groups in total. The summed E-state index contributed by atoms with van der Waals surface area (Å²) in [5.41, 5.74) is 0.549. The van der Waals surface area contributed by atoms with Crippen molar-refractivity contribution in [2.75, 3.05) is 7.11 Å². The summed E-state index contributed by atoms with van der Waals surface area (Å²) in [5.74, 6) is -0.0960. The van der Waals surface area contributed by atoms with Crippen molar-refractivity contribution in [1.29, 1.82) is 0 Å². The molecule has 0 spiro atoms. The molecule has 1 aromatic heterocycles. The van der Waals surface area contributed by atoms with Crippen molar-refractivity contribution in [3.05, 3.63) is 58.4 Å². The highest BCUT2D eigenvalue weighted by molar-refractivity contribution is 5.84. The van der Waals surface area contributed by atoms with Crippen molar-refractivity contribution in [3.8, 4) is 11.5 Å². The van der Waals surface area contributed by atoms with Crippen LogP contribution in [0.3, 0.4) is 0 Å². The number of nitrogens with one attached hydrogen (secondary N) is 1. The number of aromatic nitrogens is 3. The smallest absolute Gasteiger partial charge is 0.387 e. The molecular weight excluding hydrogens is 386 g/mol. The predicted molar refractivity (Wildman–Crippen MR) is 100.0 cm³/mol. The summed E-state index contributed by atoms with van der Waals surface area (Å²) >= 11 is 0. The van der Waals surface area contributed by atoms with E-state index in [0.29, 0.717) is 16.8 Å². The van der Waals surface area contributed by atoms with Crippen molar-refractivity contribution in [1.82, 2.24) is 20.3 Å². The predicted octanol–water partition coefficient (Wildman–Crippen LogP) is 2.28. The van der Waals surface area contributed by atoms with Crippen molar-refractivity contribution in [2.24, 2.45) is 0 Å². The average Bonchev–Trinajstić information content (AvgIpc) is 2.69. The fraction of sp³-hybridized carbons (Fsp3) is 0.263. The Hall–Kier alpha value is -3.56. The van der Waals surface area contributed by atoms with Gasteiger partial charge >= 0.3 is 6.61 Å². The highest BCUT2D eigenvalue weighted by Gasteiger charge is 2.15. The summed E-state index contributed by atoms with van der Waals surface area (Å²) in [7, 11) is 1.44. The number of carbonyl (C=O) groups is 1. The summed E-state index contributed by atoms with van der Waals surface area (Å²) in [4.78, 5) is 25.0. The van der Waals surface area contributed by atoms with E-state index in [9.17, 15) is 18.4 Å². The molecular formula is C19H18F2N4O4. The van der Waals surface area contributed by atoms with Gasteiger partial charge in [-0.15, -0.1) is 5.10 Å². The number of amides is 1. The summed E-state index contributed by atoms with van der Waals surface area (Å²) in [5, 5.41) is 10.7. The molecule has 0 radical (unpaired) electrons. The number of benzene rings is 2. The van der Waals surface area contributed by atoms with Gasteiger partial charge in [0.05, 0.1) is 13.2 Å². The maximum Gasteiger partial charge on any atom is 0.387 e. The zero-order valence-electron chi connectivity index (χ0n) is 15.6. The maximum atomic E-state index is 12.7. The van der Waals surface area contributed by atoms with E-state index in [4.69, 9.17) is 4.74 Å². The Morgan fingerprint density at radius 3 is 2.59 bits per heavy atom. The number of carbonyl (C=O) groups excluding carboxylic acids is 1. The lowest BCUT2D eigenvalue weighted by Crippen LogP contribution is -2.35. The number of alkyl halides is 2. The van der Waals surface area contributed by atoms with E-state index in [1.165, 1.54) is 19.2 Å². The topological polar surface area (TPSA) is 95.3 Å². The number of hydrogen-bond donors (Lipinski definition) is 1. The van der Waals surface area contributed by atoms with Gasteiger partial charge in [0.2, 0.25) is 5.91 Å². The Morgan fingerprint density at radius 1 is 1.21 bits per heavy atom. The Labute approximate surface area is 164 Å². The maximum absolute atomic E-state index is 12.7. The molecule has 2 aromatic carbocycles. The number of halogens is 2. The van der Waals surface area contributed by atoms with Crippen LogP contribution in [0.25, 0.3) is 10.9 Å². The van der Waals surface area contributed by atoms with Gasteiger partial charge in [-0.05, 0) is 36.8 Å². The van der Waals surface area contributed by atoms with Gasteiger partial charge in [0.15, 0.2) is 0 Å². The van der Waals surface area contributed by atoms with Crippen LogP contribution in [-0.4, -0.2) is 34.6 Å². The minimum atomic E-state index is -2.90. The molecule has 10 heteroatoms. The minimum absolute atomic E-state index is 0.0224. The lowest BCUT2D eigenvalue weighted by atomic mass is 10.1. The SMILES string of the molecule is COc1cccc2nnn(CC(=O)N[C@@H](C)c3ccc(OC(F)F)cc3)c(=O)c12. The fourth-order valence-corrected chi connectivity index (χ4v) is 2.81. The van der Waals surface area contributed by atoms with E-state index in [1.807, 2.05) is 0 Å². The van der Waals surface area contributed by atoms with Crippen LogP contribution >= 0.6 is 0 Å². The third kappa shape index (κ3) is 4.65. The molecule has 0 aliphatic rings. The van der Waals surface area contributed by atoms with E-state index < -0.39 is 24.1 Å². The first kappa shape index (κ1) is 20.2. The third-order valence-corrected chi connectivity index (χ3v) is 4.21. The largest absolute Gasteiger partial charge is 0.496 e. The molecule has 3 aromatic rings. The van der Waals surface area contributed by atoms with Crippen LogP contribution in [0.15, 0.2) is 47.3 Å². The molecule has 152 valence electrons. The van der Waals surface area contributed by atoms with E-state index in [0.717, 1.165) is 4.68 Å². The Balaban J connectivity index is 1.72. The van der Waals surface area contributed by atoms with E-state index >= 15 is 0 Å². The number of fused-ring (bicyclic) bond motifs is 1. The molecule has 8 nitrogen and oxygen atoms in total. The number of ether oxygens (including phenoxy) is 2. The van der Waals surface area contributed by atoms with Crippen LogP contribution < -0.4 is 20.3 Å². The normalized spacial score (nSPS) is 12.0. The second-order valence-electron chi connectivity index (χ2n) is 6.14. The molecule has 3 rings (SSSR count). The lowest BCUT2D eigenvalue weighted by Gasteiger charge is -2.15. The second-order valence-corrected chi connectivity index (χ2v) is 6.14. The summed E-state index contributed by atoms with van der Waals surface area (Å²) in [6, 6.07) is 10.4. The van der Waals surface area contributed by atoms with Crippen LogP contribution in [0, 0.1) is 0 Å². The summed E-state index contributed by atoms with van der Waals surface area (Å²) in [6.45, 7) is -1.52. The summed E-state index contributed by atoms with van der Waals surface area (Å²) in [6.07, 6.45) is 0. The number of hydrogen-bond acceptors (Lipinski definition) is 6. The summed E-state index contributed by atoms with van der Waals surface area (Å²) < 4.78 is 34.8. The quantitative estimate of drug-likeness (QED) is 0.649. The molecule has 0 aliphatic heterocycles. The van der Waals surface area contributed by atoms with E-state index in [2.05, 4.69) is 20.4 Å². The Kier molecular flexibility index (Phi) is 6.01. The van der Waals surface area contributed by atoms with Gasteiger partial charge in [0.25, 0.3) is 5.56 Å². The lowest BCUT2D eigenvalue weighted by molar-refractivity contribution is -0.122. The second kappa shape index (κ2) is 8.63. The number of rotatable bonds is 7. The molecule has 1 heterocycles. The fourth-order valence-electron chi connectivity index (χ4n) is 2.81. The van der Waals surface area contributed by atoms with Gasteiger partial charge in [-0.25, -0.2) is 4.68 Å². The van der Waals surface area contributed by atoms with Gasteiger partial charge in [0.1, 0.15) is 28.9 Å². The van der Waals surface area contributed by atoms with Gasteiger partial charge in [-0.1, -0.05) is 23.4 Å². The van der Waals surface area contributed by atoms with Gasteiger partial charge in [0, 0.05) is 0 Å². The van der Waals surface area contributed by atoms with E-state index in [-0.39, 0.29) is 17.7 Å². The van der Waals surface area contributed by atoms with Crippen LogP contribution in [0.4, 0.5) is 8.78 Å². The number of methoxy groups -OCH3 is 1. The van der Waals surface area contributed by atoms with Gasteiger partial charge < -0.3 is 14.8 Å². The molecule has 0 aliphatic carbocycles. The molecule has 0 saturated heterocycles. The first-order valence-electron chi connectivity index (χ1n) is 8.63. The van der Waals surface area contributed by atoms with Crippen molar-refractivity contribution >= 4 is 16.8 Å². The van der Waals surface area contributed by atoms with Crippen LogP contribution in [0.5, 0.6) is 11.5 Å². The molecule has 1 atom stereocenters. The average molecular weight is 404 g/mol. The third-order valence-electron chi connectivity index (χ3n) is 4.21. The monoisotopic (exact) mass is 404 g/mol. The molecule has 0 fully saturated rings. The first-order chi connectivity index (χ1) is 13.9. The van der Waals surface area contributed by atoms with Crippen LogP contribution in [-0.2, 0) is 11.3 Å². The zero-order valence-corrected chi connectivity index (χ0v) is 15.6. The minimum Gasteiger partial charge on any atom is -0.496 e. The molecule has 0 saturated carbocycles. The highest BCUT2D eigenvalue weighted by atomic mass is 19.3. The van der Waals surface area contributed by atoms with Crippen LogP contribution in [0.2, 0.25) is 0 Å². The van der Waals surface area contributed by atoms with Crippen LogP contribution in [0.1, 0.15) is 18.5 Å². The van der Waals surface area contributed by atoms with E-state index in [1.54, 1.807) is 37.3 Å². The number of nitrogens with zero attached hydrogens (tertiary/aromatic N) is 3. The molecule has 29 heavy (non-hydrogen) atoms. The van der Waals surface area contributed by atoms with Crippen molar-refractivity contribution in [2.45, 2.75) is 26.1 Å². The molecule has 0 bridgehead atoms. The van der Waals surface area contributed by atoms with Crippen molar-refractivity contribution < 1.29 is 23.0 Å². The van der Waals surface area contributed by atoms with Gasteiger partial charge in [-0.2, -0.15) is 8.78 Å².